The summed E-state index contributed by atoms with van der Waals surface area (Å²) >= 11 is 0. The van der Waals surface area contributed by atoms with E-state index in [1.54, 1.807) is 48.8 Å². The Morgan fingerprint density at radius 1 is 0.929 bits per heavy atom. The Balaban J connectivity index is 1.94. The topological polar surface area (TPSA) is 85.4 Å². The first kappa shape index (κ1) is 19.3. The zero-order valence-corrected chi connectivity index (χ0v) is 15.9. The van der Waals surface area contributed by atoms with Crippen LogP contribution >= 0.6 is 0 Å². The molecular formula is C21H18N2O4S. The number of anilines is 1. The fourth-order valence-corrected chi connectivity index (χ4v) is 3.59. The zero-order valence-electron chi connectivity index (χ0n) is 15.1. The lowest BCUT2D eigenvalue weighted by atomic mass is 10.1. The van der Waals surface area contributed by atoms with Crippen molar-refractivity contribution in [1.29, 1.82) is 0 Å². The zero-order chi connectivity index (χ0) is 20.0. The van der Waals surface area contributed by atoms with Crippen LogP contribution in [0.15, 0.2) is 71.9 Å². The first-order valence-corrected chi connectivity index (χ1v) is 9.84. The molecule has 0 radical (unpaired) electrons. The van der Waals surface area contributed by atoms with Crippen LogP contribution in [-0.4, -0.2) is 26.8 Å². The average molecular weight is 394 g/mol. The molecule has 2 aromatic carbocycles. The molecule has 6 nitrogen and oxygen atoms in total. The van der Waals surface area contributed by atoms with E-state index in [0.717, 1.165) is 5.56 Å². The number of nitrogens with zero attached hydrogens (tertiary/aromatic N) is 1. The minimum atomic E-state index is -3.80. The van der Waals surface area contributed by atoms with Crippen LogP contribution in [0.3, 0.4) is 0 Å². The number of carbonyl (C=O) groups is 1. The van der Waals surface area contributed by atoms with E-state index in [2.05, 4.69) is 9.71 Å². The van der Waals surface area contributed by atoms with Gasteiger partial charge in [0, 0.05) is 18.0 Å². The second kappa shape index (κ2) is 8.49. The molecule has 0 aliphatic carbocycles. The van der Waals surface area contributed by atoms with Crippen molar-refractivity contribution in [2.45, 2.75) is 4.90 Å². The number of sulfonamides is 1. The molecule has 0 unspecified atom stereocenters. The first-order chi connectivity index (χ1) is 13.5. The van der Waals surface area contributed by atoms with Crippen LogP contribution in [0.1, 0.15) is 21.5 Å². The number of rotatable bonds is 7. The number of methoxy groups -OCH3 is 1. The van der Waals surface area contributed by atoms with E-state index >= 15 is 0 Å². The van der Waals surface area contributed by atoms with Gasteiger partial charge in [0.05, 0.1) is 17.7 Å². The van der Waals surface area contributed by atoms with Gasteiger partial charge >= 0.3 is 0 Å². The van der Waals surface area contributed by atoms with E-state index in [1.807, 2.05) is 18.2 Å². The van der Waals surface area contributed by atoms with Crippen molar-refractivity contribution >= 4 is 34.1 Å². The summed E-state index contributed by atoms with van der Waals surface area (Å²) in [5, 5.41) is 0. The van der Waals surface area contributed by atoms with E-state index < -0.39 is 10.0 Å². The molecule has 1 N–H and O–H groups in total. The molecule has 3 rings (SSSR count). The largest absolute Gasteiger partial charge is 0.497 e. The van der Waals surface area contributed by atoms with Crippen molar-refractivity contribution < 1.29 is 17.9 Å². The van der Waals surface area contributed by atoms with Crippen molar-refractivity contribution in [3.05, 3.63) is 83.7 Å². The Bertz CT molecular complexity index is 1090. The summed E-state index contributed by atoms with van der Waals surface area (Å²) in [6.07, 6.45) is 7.60. The molecular weight excluding hydrogens is 376 g/mol. The minimum absolute atomic E-state index is 0.108. The van der Waals surface area contributed by atoms with Crippen LogP contribution in [0.25, 0.3) is 12.2 Å². The van der Waals surface area contributed by atoms with Crippen LogP contribution < -0.4 is 9.46 Å². The number of aldehydes is 1. The molecule has 0 fully saturated rings. The fraction of sp³-hybridized carbons (Fsp3) is 0.0476. The molecule has 0 bridgehead atoms. The minimum Gasteiger partial charge on any atom is -0.497 e. The van der Waals surface area contributed by atoms with Gasteiger partial charge in [0.15, 0.2) is 0 Å². The van der Waals surface area contributed by atoms with Gasteiger partial charge in [-0.15, -0.1) is 0 Å². The maximum absolute atomic E-state index is 12.7. The van der Waals surface area contributed by atoms with Gasteiger partial charge in [-0.1, -0.05) is 12.2 Å². The van der Waals surface area contributed by atoms with Gasteiger partial charge in [-0.3, -0.25) is 14.5 Å². The molecule has 0 atom stereocenters. The second-order valence-electron chi connectivity index (χ2n) is 5.86. The fourth-order valence-electron chi connectivity index (χ4n) is 2.50. The number of nitrogens with one attached hydrogen (secondary N) is 1. The highest BCUT2D eigenvalue weighted by Crippen LogP contribution is 2.24. The summed E-state index contributed by atoms with van der Waals surface area (Å²) in [7, 11) is -2.29. The standard InChI is InChI=1S/C21H18N2O4S/c1-27-19-5-7-20(8-6-19)28(25,26)23-21-9-3-17(15-24)14-18(21)4-2-16-10-12-22-13-11-16/h2-15,23H,1H3. The number of carbonyl (C=O) groups excluding carboxylic acids is 1. The summed E-state index contributed by atoms with van der Waals surface area (Å²) in [6, 6.07) is 14.5. The molecule has 0 amide bonds. The van der Waals surface area contributed by atoms with Crippen LogP contribution in [0.4, 0.5) is 5.69 Å². The molecule has 3 aromatic rings. The Morgan fingerprint density at radius 3 is 2.29 bits per heavy atom. The summed E-state index contributed by atoms with van der Waals surface area (Å²) in [5.41, 5.74) is 2.28. The molecule has 1 aromatic heterocycles. The third kappa shape index (κ3) is 4.63. The summed E-state index contributed by atoms with van der Waals surface area (Å²) < 4.78 is 33.1. The van der Waals surface area contributed by atoms with Crippen molar-refractivity contribution in [1.82, 2.24) is 4.98 Å². The Morgan fingerprint density at radius 2 is 1.64 bits per heavy atom. The molecule has 28 heavy (non-hydrogen) atoms. The molecule has 1 heterocycles. The van der Waals surface area contributed by atoms with Crippen LogP contribution in [0, 0.1) is 0 Å². The van der Waals surface area contributed by atoms with Crippen molar-refractivity contribution in [3.63, 3.8) is 0 Å². The molecule has 0 aliphatic heterocycles. The van der Waals surface area contributed by atoms with Crippen LogP contribution in [0.2, 0.25) is 0 Å². The summed E-state index contributed by atoms with van der Waals surface area (Å²) in [5.74, 6) is 0.565. The number of hydrogen-bond donors (Lipinski definition) is 1. The average Bonchev–Trinajstić information content (AvgIpc) is 2.73. The summed E-state index contributed by atoms with van der Waals surface area (Å²) in [6.45, 7) is 0. The molecule has 0 saturated carbocycles. The maximum Gasteiger partial charge on any atom is 0.261 e. The second-order valence-corrected chi connectivity index (χ2v) is 7.54. The normalized spacial score (nSPS) is 11.3. The number of pyridine rings is 1. The van der Waals surface area contributed by atoms with Gasteiger partial charge in [0.25, 0.3) is 10.0 Å². The third-order valence-corrected chi connectivity index (χ3v) is 5.37. The van der Waals surface area contributed by atoms with Gasteiger partial charge in [-0.2, -0.15) is 0 Å². The van der Waals surface area contributed by atoms with Gasteiger partial charge in [-0.05, 0) is 65.7 Å². The van der Waals surface area contributed by atoms with Crippen molar-refractivity contribution in [2.75, 3.05) is 11.8 Å². The Hall–Kier alpha value is -3.45. The number of hydrogen-bond acceptors (Lipinski definition) is 5. The van der Waals surface area contributed by atoms with E-state index in [9.17, 15) is 13.2 Å². The lowest BCUT2D eigenvalue weighted by Gasteiger charge is -2.12. The van der Waals surface area contributed by atoms with Gasteiger partial charge < -0.3 is 4.74 Å². The van der Waals surface area contributed by atoms with E-state index in [1.165, 1.54) is 19.2 Å². The SMILES string of the molecule is COc1ccc(S(=O)(=O)Nc2ccc(C=O)cc2C=Cc2ccncc2)cc1. The highest BCUT2D eigenvalue weighted by molar-refractivity contribution is 7.92. The molecule has 142 valence electrons. The van der Waals surface area contributed by atoms with Crippen LogP contribution in [-0.2, 0) is 10.0 Å². The van der Waals surface area contributed by atoms with Crippen molar-refractivity contribution in [2.24, 2.45) is 0 Å². The van der Waals surface area contributed by atoms with Gasteiger partial charge in [0.2, 0.25) is 0 Å². The lowest BCUT2D eigenvalue weighted by molar-refractivity contribution is 0.112. The van der Waals surface area contributed by atoms with E-state index in [0.29, 0.717) is 28.8 Å². The molecule has 7 heteroatoms. The molecule has 0 saturated heterocycles. The third-order valence-electron chi connectivity index (χ3n) is 3.99. The predicted molar refractivity (Wildman–Crippen MR) is 109 cm³/mol. The Labute approximate surface area is 163 Å². The van der Waals surface area contributed by atoms with Gasteiger partial charge in [-0.25, -0.2) is 8.42 Å². The molecule has 0 spiro atoms. The quantitative estimate of drug-likeness (QED) is 0.615. The summed E-state index contributed by atoms with van der Waals surface area (Å²) in [4.78, 5) is 15.2. The number of ether oxygens (including phenoxy) is 1. The first-order valence-electron chi connectivity index (χ1n) is 8.36. The van der Waals surface area contributed by atoms with E-state index in [-0.39, 0.29) is 4.90 Å². The highest BCUT2D eigenvalue weighted by Gasteiger charge is 2.16. The van der Waals surface area contributed by atoms with Crippen LogP contribution in [0.5, 0.6) is 5.75 Å². The smallest absolute Gasteiger partial charge is 0.261 e. The Kier molecular flexibility index (Phi) is 5.86. The highest BCUT2D eigenvalue weighted by atomic mass is 32.2. The monoisotopic (exact) mass is 394 g/mol. The van der Waals surface area contributed by atoms with E-state index in [4.69, 9.17) is 4.74 Å². The predicted octanol–water partition coefficient (Wildman–Crippen LogP) is 3.87. The number of aromatic nitrogens is 1. The number of benzene rings is 2. The lowest BCUT2D eigenvalue weighted by Crippen LogP contribution is -2.13. The maximum atomic E-state index is 12.7. The van der Waals surface area contributed by atoms with Crippen molar-refractivity contribution in [3.8, 4) is 5.75 Å². The molecule has 0 aliphatic rings. The van der Waals surface area contributed by atoms with Gasteiger partial charge in [0.1, 0.15) is 12.0 Å².